The van der Waals surface area contributed by atoms with E-state index in [2.05, 4.69) is 5.32 Å². The van der Waals surface area contributed by atoms with Gasteiger partial charge in [0.2, 0.25) is 0 Å². The Morgan fingerprint density at radius 1 is 1.00 bits per heavy atom. The maximum atomic E-state index is 11.1. The van der Waals surface area contributed by atoms with Gasteiger partial charge < -0.3 is 10.4 Å². The summed E-state index contributed by atoms with van der Waals surface area (Å²) in [5.74, 6) is -0.764. The van der Waals surface area contributed by atoms with Crippen molar-refractivity contribution in [3.63, 3.8) is 0 Å². The molecular formula is C17H20ClNO2. The fourth-order valence-corrected chi connectivity index (χ4v) is 2.55. The van der Waals surface area contributed by atoms with E-state index in [4.69, 9.17) is 5.11 Å². The van der Waals surface area contributed by atoms with E-state index in [-0.39, 0.29) is 30.8 Å². The zero-order valence-corrected chi connectivity index (χ0v) is 12.7. The van der Waals surface area contributed by atoms with Crippen molar-refractivity contribution < 1.29 is 9.90 Å². The van der Waals surface area contributed by atoms with Crippen LogP contribution in [-0.2, 0) is 4.79 Å². The Morgan fingerprint density at radius 3 is 1.76 bits per heavy atom. The van der Waals surface area contributed by atoms with Gasteiger partial charge in [0, 0.05) is 12.0 Å². The fraction of sp³-hybridized carbons (Fsp3) is 0.235. The van der Waals surface area contributed by atoms with E-state index >= 15 is 0 Å². The zero-order valence-electron chi connectivity index (χ0n) is 11.9. The van der Waals surface area contributed by atoms with Gasteiger partial charge in [-0.1, -0.05) is 60.7 Å². The van der Waals surface area contributed by atoms with Crippen LogP contribution in [0.5, 0.6) is 0 Å². The normalized spacial score (nSPS) is 11.7. The molecule has 112 valence electrons. The molecule has 21 heavy (non-hydrogen) atoms. The first-order valence-corrected chi connectivity index (χ1v) is 6.71. The Bertz CT molecular complexity index is 506. The molecule has 0 heterocycles. The van der Waals surface area contributed by atoms with Crippen LogP contribution >= 0.6 is 12.4 Å². The Balaban J connectivity index is 0.00000220. The predicted molar refractivity (Wildman–Crippen MR) is 87.1 cm³/mol. The highest BCUT2D eigenvalue weighted by molar-refractivity contribution is 5.85. The molecule has 2 rings (SSSR count). The molecular weight excluding hydrogens is 286 g/mol. The van der Waals surface area contributed by atoms with E-state index in [9.17, 15) is 4.79 Å². The summed E-state index contributed by atoms with van der Waals surface area (Å²) in [7, 11) is 1.81. The Labute approximate surface area is 131 Å². The molecule has 0 aromatic heterocycles. The van der Waals surface area contributed by atoms with Crippen LogP contribution in [-0.4, -0.2) is 24.2 Å². The van der Waals surface area contributed by atoms with Crippen molar-refractivity contribution in [2.75, 3.05) is 7.05 Å². The molecule has 0 bridgehead atoms. The number of likely N-dealkylation sites (N-methyl/N-ethyl adjacent to an activating group) is 1. The second-order valence-electron chi connectivity index (χ2n) is 4.79. The van der Waals surface area contributed by atoms with Gasteiger partial charge in [-0.15, -0.1) is 12.4 Å². The Morgan fingerprint density at radius 2 is 1.43 bits per heavy atom. The van der Waals surface area contributed by atoms with Crippen molar-refractivity contribution in [3.8, 4) is 0 Å². The summed E-state index contributed by atoms with van der Waals surface area (Å²) < 4.78 is 0. The van der Waals surface area contributed by atoms with Gasteiger partial charge in [-0.05, 0) is 18.2 Å². The van der Waals surface area contributed by atoms with Crippen LogP contribution in [0.25, 0.3) is 0 Å². The van der Waals surface area contributed by atoms with E-state index in [0.29, 0.717) is 0 Å². The van der Waals surface area contributed by atoms with Gasteiger partial charge in [0.25, 0.3) is 0 Å². The molecule has 0 aliphatic carbocycles. The summed E-state index contributed by atoms with van der Waals surface area (Å²) in [5.41, 5.74) is 2.25. The minimum atomic E-state index is -0.791. The van der Waals surface area contributed by atoms with E-state index in [1.165, 1.54) is 0 Å². The molecule has 2 N–H and O–H groups in total. The van der Waals surface area contributed by atoms with Gasteiger partial charge in [-0.25, -0.2) is 0 Å². The van der Waals surface area contributed by atoms with Crippen LogP contribution < -0.4 is 5.32 Å². The Kier molecular flexibility index (Phi) is 6.92. The minimum Gasteiger partial charge on any atom is -0.481 e. The van der Waals surface area contributed by atoms with E-state index in [1.54, 1.807) is 0 Å². The van der Waals surface area contributed by atoms with Crippen LogP contribution in [0.3, 0.4) is 0 Å². The number of nitrogens with one attached hydrogen (secondary N) is 1. The molecule has 4 heteroatoms. The lowest BCUT2D eigenvalue weighted by Gasteiger charge is -2.26. The molecule has 0 radical (unpaired) electrons. The molecule has 2 aromatic carbocycles. The van der Waals surface area contributed by atoms with Crippen molar-refractivity contribution >= 4 is 18.4 Å². The smallest absolute Gasteiger partial charge is 0.304 e. The maximum absolute atomic E-state index is 11.1. The van der Waals surface area contributed by atoms with Gasteiger partial charge in [0.1, 0.15) is 0 Å². The van der Waals surface area contributed by atoms with Gasteiger partial charge in [0.05, 0.1) is 6.42 Å². The molecule has 0 aliphatic rings. The number of benzene rings is 2. The van der Waals surface area contributed by atoms with Crippen LogP contribution in [0.2, 0.25) is 0 Å². The topological polar surface area (TPSA) is 49.3 Å². The van der Waals surface area contributed by atoms with Crippen molar-refractivity contribution in [2.45, 2.75) is 18.4 Å². The first-order chi connectivity index (χ1) is 9.72. The average Bonchev–Trinajstić information content (AvgIpc) is 2.48. The molecule has 1 atom stereocenters. The summed E-state index contributed by atoms with van der Waals surface area (Å²) in [4.78, 5) is 11.1. The lowest BCUT2D eigenvalue weighted by molar-refractivity contribution is -0.137. The molecule has 0 saturated heterocycles. The highest BCUT2D eigenvalue weighted by atomic mass is 35.5. The third-order valence-electron chi connectivity index (χ3n) is 3.49. The number of carbonyl (C=O) groups is 1. The fourth-order valence-electron chi connectivity index (χ4n) is 2.55. The molecule has 0 saturated carbocycles. The van der Waals surface area contributed by atoms with E-state index in [0.717, 1.165) is 11.1 Å². The standard InChI is InChI=1S/C17H19NO2.ClH/c1-18-15(12-16(19)20)17(13-8-4-2-5-9-13)14-10-6-3-7-11-14;/h2-11,15,17-18H,12H2,1H3,(H,19,20);1H. The van der Waals surface area contributed by atoms with Crippen molar-refractivity contribution in [3.05, 3.63) is 71.8 Å². The first kappa shape index (κ1) is 17.2. The zero-order chi connectivity index (χ0) is 14.4. The van der Waals surface area contributed by atoms with Crippen molar-refractivity contribution in [1.29, 1.82) is 0 Å². The number of aliphatic carboxylic acids is 1. The average molecular weight is 306 g/mol. The van der Waals surface area contributed by atoms with Crippen LogP contribution in [0.1, 0.15) is 23.5 Å². The van der Waals surface area contributed by atoms with Gasteiger partial charge >= 0.3 is 5.97 Å². The summed E-state index contributed by atoms with van der Waals surface area (Å²) in [6.45, 7) is 0. The quantitative estimate of drug-likeness (QED) is 0.861. The summed E-state index contributed by atoms with van der Waals surface area (Å²) in [6.07, 6.45) is 0.0882. The Hall–Kier alpha value is -1.84. The number of hydrogen-bond acceptors (Lipinski definition) is 2. The largest absolute Gasteiger partial charge is 0.481 e. The third-order valence-corrected chi connectivity index (χ3v) is 3.49. The van der Waals surface area contributed by atoms with Crippen LogP contribution in [0.15, 0.2) is 60.7 Å². The third kappa shape index (κ3) is 4.59. The minimum absolute atomic E-state index is 0. The lowest BCUT2D eigenvalue weighted by Crippen LogP contribution is -2.35. The number of rotatable bonds is 6. The summed E-state index contributed by atoms with van der Waals surface area (Å²) >= 11 is 0. The van der Waals surface area contributed by atoms with Crippen LogP contribution in [0.4, 0.5) is 0 Å². The highest BCUT2D eigenvalue weighted by Gasteiger charge is 2.25. The number of halogens is 1. The van der Waals surface area contributed by atoms with Gasteiger partial charge in [-0.2, -0.15) is 0 Å². The molecule has 3 nitrogen and oxygen atoms in total. The number of hydrogen-bond donors (Lipinski definition) is 2. The molecule has 0 aliphatic heterocycles. The van der Waals surface area contributed by atoms with Crippen LogP contribution in [0, 0.1) is 0 Å². The maximum Gasteiger partial charge on any atom is 0.304 e. The van der Waals surface area contributed by atoms with Gasteiger partial charge in [0.15, 0.2) is 0 Å². The number of carboxylic acids is 1. The summed E-state index contributed by atoms with van der Waals surface area (Å²) in [6, 6.07) is 19.9. The van der Waals surface area contributed by atoms with E-state index < -0.39 is 5.97 Å². The van der Waals surface area contributed by atoms with E-state index in [1.807, 2.05) is 67.7 Å². The second kappa shape index (κ2) is 8.45. The van der Waals surface area contributed by atoms with Gasteiger partial charge in [-0.3, -0.25) is 4.79 Å². The monoisotopic (exact) mass is 305 g/mol. The summed E-state index contributed by atoms with van der Waals surface area (Å²) in [5, 5.41) is 12.3. The predicted octanol–water partition coefficient (Wildman–Crippen LogP) is 3.30. The molecule has 0 spiro atoms. The molecule has 0 amide bonds. The van der Waals surface area contributed by atoms with Crippen molar-refractivity contribution in [1.82, 2.24) is 5.32 Å². The molecule has 2 aromatic rings. The molecule has 1 unspecified atom stereocenters. The first-order valence-electron chi connectivity index (χ1n) is 6.71. The molecule has 0 fully saturated rings. The lowest BCUT2D eigenvalue weighted by atomic mass is 9.83. The van der Waals surface area contributed by atoms with Crippen molar-refractivity contribution in [2.24, 2.45) is 0 Å². The highest BCUT2D eigenvalue weighted by Crippen LogP contribution is 2.29. The number of carboxylic acid groups (broad SMARTS) is 1. The second-order valence-corrected chi connectivity index (χ2v) is 4.79. The SMILES string of the molecule is CNC(CC(=O)O)C(c1ccccc1)c1ccccc1.Cl.